The highest BCUT2D eigenvalue weighted by atomic mass is 16.4. The molecule has 3 rings (SSSR count). The van der Waals surface area contributed by atoms with E-state index in [0.29, 0.717) is 12.1 Å². The molecule has 1 saturated heterocycles. The number of nitrogens with one attached hydrogen (secondary N) is 1. The minimum atomic E-state index is -0.258. The summed E-state index contributed by atoms with van der Waals surface area (Å²) in [5.74, 6) is 0.514. The fourth-order valence-corrected chi connectivity index (χ4v) is 3.09. The third kappa shape index (κ3) is 3.36. The molecule has 21 heavy (non-hydrogen) atoms. The number of nitrogens with zero attached hydrogens (tertiary/aromatic N) is 2. The van der Waals surface area contributed by atoms with Crippen LogP contribution in [0.2, 0.25) is 0 Å². The molecule has 5 nitrogen and oxygen atoms in total. The van der Waals surface area contributed by atoms with Crippen LogP contribution >= 0.6 is 0 Å². The third-order valence-corrected chi connectivity index (χ3v) is 4.31. The van der Waals surface area contributed by atoms with Crippen molar-refractivity contribution in [1.82, 2.24) is 14.8 Å². The van der Waals surface area contributed by atoms with E-state index in [1.807, 2.05) is 24.3 Å². The molecule has 0 bridgehead atoms. The molecule has 5 heteroatoms. The Morgan fingerprint density at radius 1 is 1.33 bits per heavy atom. The second-order valence-corrected chi connectivity index (χ2v) is 5.94. The van der Waals surface area contributed by atoms with Gasteiger partial charge in [0, 0.05) is 19.6 Å². The lowest BCUT2D eigenvalue weighted by Gasteiger charge is -2.27. The number of fused-ring (bicyclic) bond motifs is 1. The molecule has 1 aromatic heterocycles. The zero-order chi connectivity index (χ0) is 14.7. The Morgan fingerprint density at radius 2 is 2.10 bits per heavy atom. The fourth-order valence-electron chi connectivity index (χ4n) is 3.09. The summed E-state index contributed by atoms with van der Waals surface area (Å²) < 4.78 is 6.99. The first kappa shape index (κ1) is 14.4. The molecule has 0 amide bonds. The van der Waals surface area contributed by atoms with Gasteiger partial charge in [-0.15, -0.1) is 0 Å². The van der Waals surface area contributed by atoms with Crippen LogP contribution in [0.3, 0.4) is 0 Å². The van der Waals surface area contributed by atoms with Gasteiger partial charge in [0.1, 0.15) is 0 Å². The Bertz CT molecular complexity index is 640. The fraction of sp³-hybridized carbons (Fsp3) is 0.562. The Kier molecular flexibility index (Phi) is 4.41. The lowest BCUT2D eigenvalue weighted by atomic mass is 9.98. The summed E-state index contributed by atoms with van der Waals surface area (Å²) in [5.41, 5.74) is 1.56. The molecule has 1 fully saturated rings. The summed E-state index contributed by atoms with van der Waals surface area (Å²) in [5, 5.41) is 3.39. The standard InChI is InChI=1S/C16H23N3O2/c1-18(12-13-6-8-17-9-7-13)10-11-19-14-4-2-3-5-15(14)21-16(19)20/h2-5,13,17H,6-12H2,1H3. The van der Waals surface area contributed by atoms with Crippen LogP contribution in [0.15, 0.2) is 33.5 Å². The first-order valence-corrected chi connectivity index (χ1v) is 7.71. The highest BCUT2D eigenvalue weighted by molar-refractivity contribution is 5.72. The second-order valence-electron chi connectivity index (χ2n) is 5.94. The lowest BCUT2D eigenvalue weighted by Crippen LogP contribution is -2.36. The molecule has 114 valence electrons. The zero-order valence-corrected chi connectivity index (χ0v) is 12.5. The van der Waals surface area contributed by atoms with Crippen LogP contribution in [0.4, 0.5) is 0 Å². The highest BCUT2D eigenvalue weighted by Crippen LogP contribution is 2.14. The number of benzene rings is 1. The van der Waals surface area contributed by atoms with Gasteiger partial charge in [0.05, 0.1) is 5.52 Å². The quantitative estimate of drug-likeness (QED) is 0.907. The van der Waals surface area contributed by atoms with E-state index in [2.05, 4.69) is 17.3 Å². The van der Waals surface area contributed by atoms with Crippen LogP contribution in [0.1, 0.15) is 12.8 Å². The number of piperidine rings is 1. The topological polar surface area (TPSA) is 50.4 Å². The molecule has 0 aliphatic carbocycles. The van der Waals surface area contributed by atoms with Gasteiger partial charge in [-0.3, -0.25) is 4.57 Å². The van der Waals surface area contributed by atoms with Crippen molar-refractivity contribution in [2.75, 3.05) is 33.2 Å². The Hall–Kier alpha value is -1.59. The minimum Gasteiger partial charge on any atom is -0.408 e. The maximum atomic E-state index is 11.9. The largest absolute Gasteiger partial charge is 0.419 e. The summed E-state index contributed by atoms with van der Waals surface area (Å²) in [7, 11) is 2.13. The number of aromatic nitrogens is 1. The second kappa shape index (κ2) is 6.45. The predicted molar refractivity (Wildman–Crippen MR) is 83.6 cm³/mol. The predicted octanol–water partition coefficient (Wildman–Crippen LogP) is 1.53. The van der Waals surface area contributed by atoms with Gasteiger partial charge in [0.25, 0.3) is 0 Å². The molecule has 1 N–H and O–H groups in total. The normalized spacial score (nSPS) is 16.9. The van der Waals surface area contributed by atoms with Crippen molar-refractivity contribution < 1.29 is 4.42 Å². The van der Waals surface area contributed by atoms with Gasteiger partial charge in [-0.1, -0.05) is 12.1 Å². The molecule has 0 unspecified atom stereocenters. The number of hydrogen-bond donors (Lipinski definition) is 1. The van der Waals surface area contributed by atoms with Gasteiger partial charge in [-0.25, -0.2) is 4.79 Å². The van der Waals surface area contributed by atoms with Crippen molar-refractivity contribution >= 4 is 11.1 Å². The smallest absolute Gasteiger partial charge is 0.408 e. The summed E-state index contributed by atoms with van der Waals surface area (Å²) in [6, 6.07) is 7.60. The number of rotatable bonds is 5. The van der Waals surface area contributed by atoms with Crippen molar-refractivity contribution in [2.24, 2.45) is 5.92 Å². The molecular formula is C16H23N3O2. The molecule has 1 aromatic carbocycles. The molecule has 0 radical (unpaired) electrons. The molecule has 2 heterocycles. The zero-order valence-electron chi connectivity index (χ0n) is 12.5. The van der Waals surface area contributed by atoms with Crippen molar-refractivity contribution in [3.8, 4) is 0 Å². The Labute approximate surface area is 124 Å². The van der Waals surface area contributed by atoms with Crippen LogP contribution in [-0.2, 0) is 6.54 Å². The van der Waals surface area contributed by atoms with E-state index in [0.717, 1.165) is 37.6 Å². The van der Waals surface area contributed by atoms with E-state index in [9.17, 15) is 4.79 Å². The maximum absolute atomic E-state index is 11.9. The number of para-hydroxylation sites is 2. The molecule has 0 saturated carbocycles. The van der Waals surface area contributed by atoms with E-state index >= 15 is 0 Å². The van der Waals surface area contributed by atoms with Crippen LogP contribution < -0.4 is 11.1 Å². The Balaban J connectivity index is 1.60. The van der Waals surface area contributed by atoms with E-state index in [4.69, 9.17) is 4.42 Å². The summed E-state index contributed by atoms with van der Waals surface area (Å²) in [6.45, 7) is 4.91. The monoisotopic (exact) mass is 289 g/mol. The van der Waals surface area contributed by atoms with Crippen molar-refractivity contribution in [2.45, 2.75) is 19.4 Å². The van der Waals surface area contributed by atoms with E-state index in [1.165, 1.54) is 12.8 Å². The van der Waals surface area contributed by atoms with E-state index < -0.39 is 0 Å². The van der Waals surface area contributed by atoms with Gasteiger partial charge >= 0.3 is 5.76 Å². The number of hydrogen-bond acceptors (Lipinski definition) is 4. The highest BCUT2D eigenvalue weighted by Gasteiger charge is 2.15. The molecule has 0 spiro atoms. The molecule has 2 aromatic rings. The van der Waals surface area contributed by atoms with Crippen LogP contribution in [0, 0.1) is 5.92 Å². The minimum absolute atomic E-state index is 0.258. The van der Waals surface area contributed by atoms with Crippen LogP contribution in [-0.4, -0.2) is 42.7 Å². The molecule has 1 aliphatic heterocycles. The Morgan fingerprint density at radius 3 is 2.90 bits per heavy atom. The lowest BCUT2D eigenvalue weighted by molar-refractivity contribution is 0.233. The SMILES string of the molecule is CN(CCn1c(=O)oc2ccccc21)CC1CCNCC1. The van der Waals surface area contributed by atoms with Gasteiger partial charge < -0.3 is 14.6 Å². The van der Waals surface area contributed by atoms with Crippen molar-refractivity contribution in [3.63, 3.8) is 0 Å². The molecule has 0 atom stereocenters. The van der Waals surface area contributed by atoms with Crippen LogP contribution in [0.25, 0.3) is 11.1 Å². The average Bonchev–Trinajstić information content (AvgIpc) is 2.81. The summed E-state index contributed by atoms with van der Waals surface area (Å²) >= 11 is 0. The third-order valence-electron chi connectivity index (χ3n) is 4.31. The average molecular weight is 289 g/mol. The van der Waals surface area contributed by atoms with E-state index in [1.54, 1.807) is 4.57 Å². The van der Waals surface area contributed by atoms with Crippen molar-refractivity contribution in [1.29, 1.82) is 0 Å². The van der Waals surface area contributed by atoms with Gasteiger partial charge in [-0.2, -0.15) is 0 Å². The van der Waals surface area contributed by atoms with Gasteiger partial charge in [0.2, 0.25) is 0 Å². The summed E-state index contributed by atoms with van der Waals surface area (Å²) in [4.78, 5) is 14.2. The van der Waals surface area contributed by atoms with Crippen LogP contribution in [0.5, 0.6) is 0 Å². The van der Waals surface area contributed by atoms with Crippen molar-refractivity contribution in [3.05, 3.63) is 34.8 Å². The maximum Gasteiger partial charge on any atom is 0.419 e. The first-order valence-electron chi connectivity index (χ1n) is 7.71. The first-order chi connectivity index (χ1) is 10.2. The summed E-state index contributed by atoms with van der Waals surface area (Å²) in [6.07, 6.45) is 2.50. The van der Waals surface area contributed by atoms with Gasteiger partial charge in [0.15, 0.2) is 5.58 Å². The number of oxazole rings is 1. The molecular weight excluding hydrogens is 266 g/mol. The van der Waals surface area contributed by atoms with E-state index in [-0.39, 0.29) is 5.76 Å². The molecule has 1 aliphatic rings. The number of likely N-dealkylation sites (N-methyl/N-ethyl adjacent to an activating group) is 1. The van der Waals surface area contributed by atoms with Gasteiger partial charge in [-0.05, 0) is 51.0 Å².